The van der Waals surface area contributed by atoms with Crippen molar-refractivity contribution < 1.29 is 17.6 Å². The maximum absolute atomic E-state index is 13.1. The van der Waals surface area contributed by atoms with Crippen molar-refractivity contribution in [3.8, 4) is 0 Å². The molecule has 1 heterocycles. The Balaban J connectivity index is 1.91. The first kappa shape index (κ1) is 17.6. The molecule has 0 aliphatic carbocycles. The van der Waals surface area contributed by atoms with Crippen molar-refractivity contribution in [3.05, 3.63) is 71.0 Å². The predicted molar refractivity (Wildman–Crippen MR) is 94.5 cm³/mol. The van der Waals surface area contributed by atoms with E-state index in [0.29, 0.717) is 12.0 Å². The van der Waals surface area contributed by atoms with Gasteiger partial charge in [-0.3, -0.25) is 4.79 Å². The van der Waals surface area contributed by atoms with Crippen LogP contribution in [0.3, 0.4) is 0 Å². The topological polar surface area (TPSA) is 54.5 Å². The highest BCUT2D eigenvalue weighted by molar-refractivity contribution is 7.91. The average molecular weight is 361 g/mol. The Bertz CT molecular complexity index is 878. The molecule has 2 aromatic carbocycles. The highest BCUT2D eigenvalue weighted by Gasteiger charge is 2.35. The molecule has 1 saturated heterocycles. The Hall–Kier alpha value is -2.21. The summed E-state index contributed by atoms with van der Waals surface area (Å²) in [6.45, 7) is 2.16. The van der Waals surface area contributed by atoms with Crippen LogP contribution >= 0.6 is 0 Å². The zero-order chi connectivity index (χ0) is 18.0. The first-order valence-corrected chi connectivity index (χ1v) is 9.99. The van der Waals surface area contributed by atoms with Gasteiger partial charge in [0.15, 0.2) is 9.84 Å². The summed E-state index contributed by atoms with van der Waals surface area (Å²) in [7, 11) is -3.12. The van der Waals surface area contributed by atoms with E-state index in [0.717, 1.165) is 11.1 Å². The molecule has 0 spiro atoms. The number of benzene rings is 2. The van der Waals surface area contributed by atoms with Gasteiger partial charge < -0.3 is 4.90 Å². The molecule has 0 N–H and O–H groups in total. The van der Waals surface area contributed by atoms with E-state index in [9.17, 15) is 17.6 Å². The lowest BCUT2D eigenvalue weighted by atomic mass is 10.1. The van der Waals surface area contributed by atoms with Gasteiger partial charge in [-0.1, -0.05) is 29.8 Å². The fourth-order valence-corrected chi connectivity index (χ4v) is 4.85. The largest absolute Gasteiger partial charge is 0.330 e. The number of hydrogen-bond donors (Lipinski definition) is 0. The second-order valence-corrected chi connectivity index (χ2v) is 8.71. The molecule has 132 valence electrons. The summed E-state index contributed by atoms with van der Waals surface area (Å²) >= 11 is 0. The molecule has 1 amide bonds. The van der Waals surface area contributed by atoms with E-state index in [1.165, 1.54) is 12.1 Å². The van der Waals surface area contributed by atoms with Gasteiger partial charge in [0.05, 0.1) is 11.5 Å². The smallest absolute Gasteiger partial charge is 0.254 e. The summed E-state index contributed by atoms with van der Waals surface area (Å²) in [6.07, 6.45) is 0.432. The molecule has 0 unspecified atom stereocenters. The molecule has 0 bridgehead atoms. The number of hydrogen-bond acceptors (Lipinski definition) is 3. The highest BCUT2D eigenvalue weighted by atomic mass is 32.2. The maximum Gasteiger partial charge on any atom is 0.254 e. The number of aryl methyl sites for hydroxylation is 1. The minimum Gasteiger partial charge on any atom is -0.330 e. The Morgan fingerprint density at radius 2 is 1.92 bits per heavy atom. The number of amides is 1. The fraction of sp³-hybridized carbons (Fsp3) is 0.316. The molecule has 4 nitrogen and oxygen atoms in total. The van der Waals surface area contributed by atoms with Crippen molar-refractivity contribution in [3.63, 3.8) is 0 Å². The monoisotopic (exact) mass is 361 g/mol. The van der Waals surface area contributed by atoms with Crippen LogP contribution in [0.1, 0.15) is 27.9 Å². The molecule has 0 saturated carbocycles. The number of carbonyl (C=O) groups excluding carboxylic acids is 1. The van der Waals surface area contributed by atoms with Gasteiger partial charge in [-0.15, -0.1) is 0 Å². The normalized spacial score (nSPS) is 18.9. The molecule has 2 aromatic rings. The fourth-order valence-electron chi connectivity index (χ4n) is 3.12. The zero-order valence-corrected chi connectivity index (χ0v) is 14.8. The van der Waals surface area contributed by atoms with E-state index in [2.05, 4.69) is 0 Å². The third-order valence-corrected chi connectivity index (χ3v) is 6.19. The van der Waals surface area contributed by atoms with Crippen molar-refractivity contribution in [2.24, 2.45) is 0 Å². The zero-order valence-electron chi connectivity index (χ0n) is 14.0. The molecular formula is C19H20FNO3S. The Labute approximate surface area is 147 Å². The van der Waals surface area contributed by atoms with Crippen LogP contribution in [0.5, 0.6) is 0 Å². The van der Waals surface area contributed by atoms with Crippen molar-refractivity contribution in [2.45, 2.75) is 25.9 Å². The van der Waals surface area contributed by atoms with Gasteiger partial charge in [-0.25, -0.2) is 12.8 Å². The van der Waals surface area contributed by atoms with Gasteiger partial charge in [-0.2, -0.15) is 0 Å². The number of halogens is 1. The van der Waals surface area contributed by atoms with E-state index in [4.69, 9.17) is 0 Å². The van der Waals surface area contributed by atoms with Gasteiger partial charge in [0.1, 0.15) is 5.82 Å². The minimum absolute atomic E-state index is 0.0221. The van der Waals surface area contributed by atoms with Crippen molar-refractivity contribution >= 4 is 15.7 Å². The van der Waals surface area contributed by atoms with Crippen LogP contribution in [-0.4, -0.2) is 36.8 Å². The van der Waals surface area contributed by atoms with Gasteiger partial charge in [0, 0.05) is 18.2 Å². The predicted octanol–water partition coefficient (Wildman–Crippen LogP) is 2.96. The van der Waals surface area contributed by atoms with Gasteiger partial charge in [-0.05, 0) is 43.2 Å². The summed E-state index contributed by atoms with van der Waals surface area (Å²) in [4.78, 5) is 14.6. The molecule has 6 heteroatoms. The summed E-state index contributed by atoms with van der Waals surface area (Å²) in [5.74, 6) is -0.469. The Morgan fingerprint density at radius 3 is 2.52 bits per heavy atom. The van der Waals surface area contributed by atoms with E-state index in [-0.39, 0.29) is 35.8 Å². The first-order valence-electron chi connectivity index (χ1n) is 8.16. The lowest BCUT2D eigenvalue weighted by molar-refractivity contribution is 0.0681. The van der Waals surface area contributed by atoms with Gasteiger partial charge in [0.25, 0.3) is 5.91 Å². The highest BCUT2D eigenvalue weighted by Crippen LogP contribution is 2.23. The second-order valence-electron chi connectivity index (χ2n) is 6.49. The molecule has 25 heavy (non-hydrogen) atoms. The van der Waals surface area contributed by atoms with Crippen LogP contribution in [0.15, 0.2) is 48.5 Å². The number of rotatable bonds is 4. The molecule has 3 rings (SSSR count). The summed E-state index contributed by atoms with van der Waals surface area (Å²) in [6, 6.07) is 12.8. The molecule has 1 aliphatic heterocycles. The van der Waals surface area contributed by atoms with Gasteiger partial charge in [0.2, 0.25) is 0 Å². The minimum atomic E-state index is -3.12. The van der Waals surface area contributed by atoms with Gasteiger partial charge >= 0.3 is 0 Å². The van der Waals surface area contributed by atoms with E-state index < -0.39 is 9.84 Å². The number of sulfone groups is 1. The van der Waals surface area contributed by atoms with Crippen LogP contribution in [0.2, 0.25) is 0 Å². The average Bonchev–Trinajstić information content (AvgIpc) is 2.93. The third-order valence-electron chi connectivity index (χ3n) is 4.44. The quantitative estimate of drug-likeness (QED) is 0.841. The lowest BCUT2D eigenvalue weighted by Gasteiger charge is -2.28. The summed E-state index contributed by atoms with van der Waals surface area (Å²) in [5.41, 5.74) is 2.27. The molecule has 0 radical (unpaired) electrons. The Kier molecular flexibility index (Phi) is 4.90. The van der Waals surface area contributed by atoms with Crippen molar-refractivity contribution in [1.82, 2.24) is 4.90 Å². The number of nitrogens with zero attached hydrogens (tertiary/aromatic N) is 1. The summed E-state index contributed by atoms with van der Waals surface area (Å²) in [5, 5.41) is 0. The summed E-state index contributed by atoms with van der Waals surface area (Å²) < 4.78 is 36.9. The molecular weight excluding hydrogens is 341 g/mol. The van der Waals surface area contributed by atoms with Crippen molar-refractivity contribution in [2.75, 3.05) is 11.5 Å². The van der Waals surface area contributed by atoms with Crippen LogP contribution in [0.4, 0.5) is 4.39 Å². The maximum atomic E-state index is 13.1. The van der Waals surface area contributed by atoms with Crippen LogP contribution in [0, 0.1) is 12.7 Å². The third kappa shape index (κ3) is 4.25. The first-order chi connectivity index (χ1) is 11.8. The second kappa shape index (κ2) is 6.96. The van der Waals surface area contributed by atoms with Crippen LogP contribution < -0.4 is 0 Å². The van der Waals surface area contributed by atoms with Crippen molar-refractivity contribution in [1.29, 1.82) is 0 Å². The van der Waals surface area contributed by atoms with E-state index >= 15 is 0 Å². The molecule has 1 aliphatic rings. The van der Waals surface area contributed by atoms with Crippen LogP contribution in [-0.2, 0) is 16.4 Å². The molecule has 1 fully saturated rings. The van der Waals surface area contributed by atoms with E-state index in [1.807, 2.05) is 19.1 Å². The van der Waals surface area contributed by atoms with Crippen LogP contribution in [0.25, 0.3) is 0 Å². The molecule has 1 atom stereocenters. The SMILES string of the molecule is Cc1cccc(C(=O)N(Cc2ccc(F)cc2)[C@H]2CCS(=O)(=O)C2)c1. The standard InChI is InChI=1S/C19H20FNO3S/c1-14-3-2-4-16(11-14)19(22)21(18-9-10-25(23,24)13-18)12-15-5-7-17(20)8-6-15/h2-8,11,18H,9-10,12-13H2,1H3/t18-/m0/s1. The van der Waals surface area contributed by atoms with E-state index in [1.54, 1.807) is 29.2 Å². The lowest BCUT2D eigenvalue weighted by Crippen LogP contribution is -2.40. The Morgan fingerprint density at radius 1 is 1.20 bits per heavy atom. The molecule has 0 aromatic heterocycles. The number of carbonyl (C=O) groups is 1.